The molecule has 0 bridgehead atoms. The summed E-state index contributed by atoms with van der Waals surface area (Å²) in [6, 6.07) is 0. The van der Waals surface area contributed by atoms with Crippen LogP contribution in [0.15, 0.2) is 0 Å². The van der Waals surface area contributed by atoms with Gasteiger partial charge in [0.15, 0.2) is 0 Å². The van der Waals surface area contributed by atoms with E-state index in [1.165, 1.54) is 0 Å². The van der Waals surface area contributed by atoms with E-state index in [9.17, 15) is 19.5 Å². The van der Waals surface area contributed by atoms with E-state index in [-0.39, 0.29) is 23.7 Å². The Kier molecular flexibility index (Phi) is 5.65. The van der Waals surface area contributed by atoms with E-state index >= 15 is 0 Å². The van der Waals surface area contributed by atoms with Crippen molar-refractivity contribution in [1.82, 2.24) is 10.2 Å². The molecule has 2 atom stereocenters. The summed E-state index contributed by atoms with van der Waals surface area (Å²) in [5.41, 5.74) is -1.07. The van der Waals surface area contributed by atoms with Crippen molar-refractivity contribution in [2.75, 3.05) is 13.6 Å². The normalized spacial score (nSPS) is 25.0. The highest BCUT2D eigenvalue weighted by Gasteiger charge is 2.53. The van der Waals surface area contributed by atoms with Gasteiger partial charge in [0.05, 0.1) is 0 Å². The van der Waals surface area contributed by atoms with Gasteiger partial charge in [0.1, 0.15) is 5.54 Å². The van der Waals surface area contributed by atoms with Gasteiger partial charge in [-0.1, -0.05) is 26.2 Å². The van der Waals surface area contributed by atoms with E-state index in [2.05, 4.69) is 12.2 Å². The van der Waals surface area contributed by atoms with Crippen molar-refractivity contribution < 1.29 is 19.5 Å². The van der Waals surface area contributed by atoms with Gasteiger partial charge in [-0.15, -0.1) is 0 Å². The molecule has 0 aromatic carbocycles. The van der Waals surface area contributed by atoms with Crippen LogP contribution in [0, 0.1) is 11.8 Å². The minimum atomic E-state index is -1.07. The molecular weight excluding hydrogens is 296 g/mol. The fourth-order valence-electron chi connectivity index (χ4n) is 3.41. The number of carboxylic acids is 1. The van der Waals surface area contributed by atoms with Crippen LogP contribution in [0.25, 0.3) is 0 Å². The summed E-state index contributed by atoms with van der Waals surface area (Å²) in [6.45, 7) is 2.84. The molecule has 0 saturated heterocycles. The summed E-state index contributed by atoms with van der Waals surface area (Å²) in [5, 5.41) is 11.9. The number of rotatable bonds is 8. The van der Waals surface area contributed by atoms with Gasteiger partial charge >= 0.3 is 5.97 Å². The van der Waals surface area contributed by atoms with E-state index in [0.29, 0.717) is 19.3 Å². The van der Waals surface area contributed by atoms with Crippen LogP contribution in [0.5, 0.6) is 0 Å². The van der Waals surface area contributed by atoms with Crippen molar-refractivity contribution in [2.45, 2.75) is 63.8 Å². The number of hydrogen-bond donors (Lipinski definition) is 2. The van der Waals surface area contributed by atoms with Gasteiger partial charge in [0.25, 0.3) is 0 Å². The quantitative estimate of drug-likeness (QED) is 0.666. The number of carbonyl (C=O) groups excluding carboxylic acids is 2. The summed E-state index contributed by atoms with van der Waals surface area (Å²) < 4.78 is 0. The summed E-state index contributed by atoms with van der Waals surface area (Å²) in [4.78, 5) is 38.0. The number of carboxylic acid groups (broad SMARTS) is 1. The van der Waals surface area contributed by atoms with Crippen molar-refractivity contribution in [3.63, 3.8) is 0 Å². The second kappa shape index (κ2) is 7.32. The molecule has 0 heterocycles. The predicted octanol–water partition coefficient (Wildman–Crippen LogP) is 1.78. The highest BCUT2D eigenvalue weighted by Crippen LogP contribution is 2.38. The van der Waals surface area contributed by atoms with Gasteiger partial charge in [-0.3, -0.25) is 9.59 Å². The van der Waals surface area contributed by atoms with Crippen molar-refractivity contribution in [2.24, 2.45) is 11.8 Å². The highest BCUT2D eigenvalue weighted by atomic mass is 16.4. The second-order valence-corrected chi connectivity index (χ2v) is 6.99. The molecule has 2 saturated carbocycles. The average molecular weight is 324 g/mol. The molecule has 2 N–H and O–H groups in total. The molecule has 6 heteroatoms. The van der Waals surface area contributed by atoms with Gasteiger partial charge in [-0.05, 0) is 32.1 Å². The fraction of sp³-hybridized carbons (Fsp3) is 0.824. The van der Waals surface area contributed by atoms with E-state index in [1.54, 1.807) is 11.9 Å². The molecule has 0 radical (unpaired) electrons. The van der Waals surface area contributed by atoms with Crippen LogP contribution in [0.1, 0.15) is 58.3 Å². The lowest BCUT2D eigenvalue weighted by molar-refractivity contribution is -0.145. The maximum absolute atomic E-state index is 12.6. The third kappa shape index (κ3) is 4.03. The van der Waals surface area contributed by atoms with Crippen LogP contribution in [0.2, 0.25) is 0 Å². The zero-order valence-electron chi connectivity index (χ0n) is 14.1. The van der Waals surface area contributed by atoms with E-state index in [1.807, 2.05) is 0 Å². The van der Waals surface area contributed by atoms with Crippen LogP contribution in [0.3, 0.4) is 0 Å². The maximum Gasteiger partial charge on any atom is 0.329 e. The molecule has 2 fully saturated rings. The monoisotopic (exact) mass is 324 g/mol. The molecule has 2 aliphatic carbocycles. The summed E-state index contributed by atoms with van der Waals surface area (Å²) in [6.07, 6.45) is 6.37. The zero-order chi connectivity index (χ0) is 17.0. The number of nitrogens with one attached hydrogen (secondary N) is 1. The number of nitrogens with zero attached hydrogens (tertiary/aromatic N) is 1. The van der Waals surface area contributed by atoms with Crippen LogP contribution in [-0.4, -0.2) is 46.9 Å². The Morgan fingerprint density at radius 3 is 2.39 bits per heavy atom. The zero-order valence-corrected chi connectivity index (χ0v) is 14.1. The van der Waals surface area contributed by atoms with Crippen molar-refractivity contribution in [1.29, 1.82) is 0 Å². The third-order valence-electron chi connectivity index (χ3n) is 5.17. The SMILES string of the molecule is CCCCCN(C)C(=O)[C@@H]1CCC[C@H]1C(=O)NC1(C(=O)O)CC1. The molecule has 0 aromatic heterocycles. The number of unbranched alkanes of at least 4 members (excludes halogenated alkanes) is 2. The first-order valence-electron chi connectivity index (χ1n) is 8.71. The number of hydrogen-bond acceptors (Lipinski definition) is 3. The van der Waals surface area contributed by atoms with Crippen molar-refractivity contribution in [3.05, 3.63) is 0 Å². The Balaban J connectivity index is 1.92. The van der Waals surface area contributed by atoms with Gasteiger partial charge in [-0.2, -0.15) is 0 Å². The van der Waals surface area contributed by atoms with Crippen LogP contribution < -0.4 is 5.32 Å². The Morgan fingerprint density at radius 1 is 1.17 bits per heavy atom. The topological polar surface area (TPSA) is 86.7 Å². The molecule has 0 unspecified atom stereocenters. The molecule has 2 rings (SSSR count). The van der Waals surface area contributed by atoms with E-state index < -0.39 is 11.5 Å². The number of amides is 2. The lowest BCUT2D eigenvalue weighted by Gasteiger charge is -2.25. The van der Waals surface area contributed by atoms with Crippen molar-refractivity contribution in [3.8, 4) is 0 Å². The molecular formula is C17H28N2O4. The Labute approximate surface area is 137 Å². The molecule has 0 spiro atoms. The van der Waals surface area contributed by atoms with E-state index in [4.69, 9.17) is 0 Å². The third-order valence-corrected chi connectivity index (χ3v) is 5.17. The minimum absolute atomic E-state index is 0.0268. The lowest BCUT2D eigenvalue weighted by Crippen LogP contribution is -2.48. The first-order chi connectivity index (χ1) is 10.9. The summed E-state index contributed by atoms with van der Waals surface area (Å²) >= 11 is 0. The first kappa shape index (κ1) is 17.8. The maximum atomic E-state index is 12.6. The van der Waals surface area contributed by atoms with Gasteiger partial charge in [0, 0.05) is 25.4 Å². The predicted molar refractivity (Wildman–Crippen MR) is 85.7 cm³/mol. The molecule has 0 aromatic rings. The standard InChI is InChI=1S/C17H28N2O4/c1-3-4-5-11-19(2)15(21)13-8-6-7-12(13)14(20)18-17(9-10-17)16(22)23/h12-13H,3-11H2,1-2H3,(H,18,20)(H,22,23)/t12-,13-/m1/s1. The van der Waals surface area contributed by atoms with Gasteiger partial charge in [-0.25, -0.2) is 4.79 Å². The Hall–Kier alpha value is -1.59. The van der Waals surface area contributed by atoms with Crippen LogP contribution >= 0.6 is 0 Å². The number of aliphatic carboxylic acids is 1. The average Bonchev–Trinajstić information content (AvgIpc) is 3.13. The van der Waals surface area contributed by atoms with Crippen LogP contribution in [0.4, 0.5) is 0 Å². The fourth-order valence-corrected chi connectivity index (χ4v) is 3.41. The smallest absolute Gasteiger partial charge is 0.329 e. The largest absolute Gasteiger partial charge is 0.480 e. The number of carbonyl (C=O) groups is 3. The molecule has 23 heavy (non-hydrogen) atoms. The van der Waals surface area contributed by atoms with Gasteiger partial charge in [0.2, 0.25) is 11.8 Å². The van der Waals surface area contributed by atoms with Crippen molar-refractivity contribution >= 4 is 17.8 Å². The Morgan fingerprint density at radius 2 is 1.83 bits per heavy atom. The second-order valence-electron chi connectivity index (χ2n) is 6.99. The van der Waals surface area contributed by atoms with Crippen LogP contribution in [-0.2, 0) is 14.4 Å². The summed E-state index contributed by atoms with van der Waals surface area (Å²) in [7, 11) is 1.80. The van der Waals surface area contributed by atoms with E-state index in [0.717, 1.165) is 38.6 Å². The molecule has 2 amide bonds. The van der Waals surface area contributed by atoms with Gasteiger partial charge < -0.3 is 15.3 Å². The minimum Gasteiger partial charge on any atom is -0.480 e. The lowest BCUT2D eigenvalue weighted by atomic mass is 9.93. The molecule has 2 aliphatic rings. The Bertz CT molecular complexity index is 473. The highest BCUT2D eigenvalue weighted by molar-refractivity contribution is 5.93. The molecule has 130 valence electrons. The first-order valence-corrected chi connectivity index (χ1v) is 8.71. The summed E-state index contributed by atoms with van der Waals surface area (Å²) in [5.74, 6) is -1.88. The molecule has 0 aliphatic heterocycles. The molecule has 6 nitrogen and oxygen atoms in total.